The first-order valence-electron chi connectivity index (χ1n) is 9.64. The summed E-state index contributed by atoms with van der Waals surface area (Å²) in [6.07, 6.45) is 5.75. The molecular weight excluding hydrogens is 360 g/mol. The van der Waals surface area contributed by atoms with Crippen molar-refractivity contribution in [1.29, 1.82) is 0 Å². The molecule has 2 aliphatic rings. The number of likely N-dealkylation sites (tertiary alicyclic amines) is 1. The minimum atomic E-state index is -0.384. The molecule has 4 rings (SSSR count). The van der Waals surface area contributed by atoms with Crippen LogP contribution < -0.4 is 5.32 Å². The van der Waals surface area contributed by atoms with E-state index in [1.807, 2.05) is 31.2 Å². The Labute approximate surface area is 163 Å². The fourth-order valence-corrected chi connectivity index (χ4v) is 4.74. The summed E-state index contributed by atoms with van der Waals surface area (Å²) in [5.41, 5.74) is 2.17. The average molecular weight is 385 g/mol. The van der Waals surface area contributed by atoms with Gasteiger partial charge in [-0.15, -0.1) is 10.2 Å². The highest BCUT2D eigenvalue weighted by Gasteiger charge is 2.38. The predicted molar refractivity (Wildman–Crippen MR) is 105 cm³/mol. The van der Waals surface area contributed by atoms with Crippen molar-refractivity contribution in [1.82, 2.24) is 15.1 Å². The number of anilines is 1. The van der Waals surface area contributed by atoms with Crippen molar-refractivity contribution in [2.24, 2.45) is 5.92 Å². The number of nitrogens with one attached hydrogen (secondary N) is 1. The number of hydrogen-bond acceptors (Lipinski definition) is 5. The van der Waals surface area contributed by atoms with Crippen molar-refractivity contribution in [2.75, 3.05) is 11.9 Å². The number of hydrogen-bond donors (Lipinski definition) is 1. The largest absolute Gasteiger partial charge is 0.330 e. The van der Waals surface area contributed by atoms with E-state index in [0.29, 0.717) is 18.1 Å². The van der Waals surface area contributed by atoms with E-state index in [1.165, 1.54) is 16.9 Å². The molecule has 1 atom stereocenters. The lowest BCUT2D eigenvalue weighted by atomic mass is 10.1. The van der Waals surface area contributed by atoms with Crippen LogP contribution in [0.3, 0.4) is 0 Å². The summed E-state index contributed by atoms with van der Waals surface area (Å²) in [6, 6.07) is 7.67. The second-order valence-corrected chi connectivity index (χ2v) is 8.42. The number of aryl methyl sites for hydroxylation is 1. The molecule has 7 heteroatoms. The van der Waals surface area contributed by atoms with Gasteiger partial charge in [0.1, 0.15) is 11.0 Å². The molecule has 1 N–H and O–H groups in total. The molecule has 2 aromatic rings. The van der Waals surface area contributed by atoms with E-state index in [-0.39, 0.29) is 23.8 Å². The number of carbonyl (C=O) groups excluding carboxylic acids is 2. The van der Waals surface area contributed by atoms with Gasteiger partial charge in [-0.3, -0.25) is 14.9 Å². The lowest BCUT2D eigenvalue weighted by Crippen LogP contribution is -2.45. The number of aromatic nitrogens is 2. The van der Waals surface area contributed by atoms with Crippen molar-refractivity contribution >= 4 is 28.3 Å². The van der Waals surface area contributed by atoms with Crippen molar-refractivity contribution in [3.63, 3.8) is 0 Å². The van der Waals surface area contributed by atoms with Crippen LogP contribution in [0.25, 0.3) is 10.6 Å². The number of benzene rings is 1. The Morgan fingerprint density at radius 1 is 1.07 bits per heavy atom. The van der Waals surface area contributed by atoms with Gasteiger partial charge in [-0.1, -0.05) is 54.0 Å². The normalized spacial score (nSPS) is 20.2. The monoisotopic (exact) mass is 384 g/mol. The summed E-state index contributed by atoms with van der Waals surface area (Å²) in [5.74, 6) is 0.112. The van der Waals surface area contributed by atoms with Gasteiger partial charge < -0.3 is 4.90 Å². The summed E-state index contributed by atoms with van der Waals surface area (Å²) in [7, 11) is 0. The van der Waals surface area contributed by atoms with Crippen LogP contribution in [0.15, 0.2) is 24.3 Å². The molecule has 27 heavy (non-hydrogen) atoms. The Hall–Kier alpha value is -2.28. The van der Waals surface area contributed by atoms with E-state index in [1.54, 1.807) is 4.90 Å². The lowest BCUT2D eigenvalue weighted by molar-refractivity contribution is -0.140. The molecule has 6 nitrogen and oxygen atoms in total. The van der Waals surface area contributed by atoms with E-state index in [2.05, 4.69) is 15.5 Å². The highest BCUT2D eigenvalue weighted by molar-refractivity contribution is 7.18. The fraction of sp³-hybridized carbons (Fsp3) is 0.500. The van der Waals surface area contributed by atoms with E-state index >= 15 is 0 Å². The molecule has 2 fully saturated rings. The summed E-state index contributed by atoms with van der Waals surface area (Å²) >= 11 is 1.36. The number of carbonyl (C=O) groups is 2. The summed E-state index contributed by atoms with van der Waals surface area (Å²) in [5, 5.41) is 12.4. The Morgan fingerprint density at radius 2 is 1.81 bits per heavy atom. The smallest absolute Gasteiger partial charge is 0.249 e. The van der Waals surface area contributed by atoms with Crippen LogP contribution in [0.2, 0.25) is 0 Å². The van der Waals surface area contributed by atoms with Gasteiger partial charge in [0.05, 0.1) is 0 Å². The molecule has 1 aromatic carbocycles. The minimum Gasteiger partial charge on any atom is -0.330 e. The molecule has 2 amide bonds. The molecule has 0 unspecified atom stereocenters. The molecule has 0 radical (unpaired) electrons. The van der Waals surface area contributed by atoms with Crippen molar-refractivity contribution < 1.29 is 9.59 Å². The molecule has 2 heterocycles. The topological polar surface area (TPSA) is 75.2 Å². The fourth-order valence-electron chi connectivity index (χ4n) is 3.99. The van der Waals surface area contributed by atoms with Crippen LogP contribution in [0.4, 0.5) is 5.13 Å². The maximum Gasteiger partial charge on any atom is 0.249 e. The van der Waals surface area contributed by atoms with Gasteiger partial charge >= 0.3 is 0 Å². The number of rotatable bonds is 4. The van der Waals surface area contributed by atoms with Crippen molar-refractivity contribution in [2.45, 2.75) is 51.5 Å². The second kappa shape index (κ2) is 7.76. The second-order valence-electron chi connectivity index (χ2n) is 7.44. The van der Waals surface area contributed by atoms with Gasteiger partial charge in [-0.05, 0) is 32.6 Å². The number of nitrogens with zero attached hydrogens (tertiary/aromatic N) is 3. The van der Waals surface area contributed by atoms with Crippen molar-refractivity contribution in [3.8, 4) is 10.6 Å². The van der Waals surface area contributed by atoms with Crippen LogP contribution in [-0.4, -0.2) is 39.5 Å². The third kappa shape index (κ3) is 3.88. The third-order valence-electron chi connectivity index (χ3n) is 5.50. The number of amides is 2. The molecule has 1 aromatic heterocycles. The summed E-state index contributed by atoms with van der Waals surface area (Å²) in [6.45, 7) is 2.72. The first-order valence-corrected chi connectivity index (χ1v) is 10.5. The molecule has 1 saturated heterocycles. The molecule has 142 valence electrons. The van der Waals surface area contributed by atoms with Gasteiger partial charge in [0.2, 0.25) is 16.9 Å². The first kappa shape index (κ1) is 18.1. The first-order chi connectivity index (χ1) is 13.1. The minimum absolute atomic E-state index is 0.105. The molecular formula is C20H24N4O2S. The summed E-state index contributed by atoms with van der Waals surface area (Å²) < 4.78 is 0. The Bertz CT molecular complexity index is 827. The molecule has 1 saturated carbocycles. The standard InChI is InChI=1S/C20H24N4O2S/c1-13-8-10-14(11-9-13)18-22-23-20(27-18)21-17(25)16-7-4-12-24(16)19(26)15-5-2-3-6-15/h8-11,15-16H,2-7,12H2,1H3,(H,21,23,25)/t16-/m0/s1. The van der Waals surface area contributed by atoms with Crippen LogP contribution in [0, 0.1) is 12.8 Å². The molecule has 1 aliphatic carbocycles. The molecule has 0 bridgehead atoms. The predicted octanol–water partition coefficient (Wildman–Crippen LogP) is 3.63. The SMILES string of the molecule is Cc1ccc(-c2nnc(NC(=O)[C@@H]3CCCN3C(=O)C3CCCC3)s2)cc1. The van der Waals surface area contributed by atoms with E-state index < -0.39 is 0 Å². The molecule has 1 aliphatic heterocycles. The zero-order valence-electron chi connectivity index (χ0n) is 15.5. The van der Waals surface area contributed by atoms with Crippen LogP contribution >= 0.6 is 11.3 Å². The summed E-state index contributed by atoms with van der Waals surface area (Å²) in [4.78, 5) is 27.3. The van der Waals surface area contributed by atoms with Gasteiger partial charge in [-0.25, -0.2) is 0 Å². The Balaban J connectivity index is 1.42. The van der Waals surface area contributed by atoms with Gasteiger partial charge in [0, 0.05) is 18.0 Å². The Kier molecular flexibility index (Phi) is 5.20. The van der Waals surface area contributed by atoms with Crippen molar-refractivity contribution in [3.05, 3.63) is 29.8 Å². The molecule has 0 spiro atoms. The van der Waals surface area contributed by atoms with Gasteiger partial charge in [-0.2, -0.15) is 0 Å². The van der Waals surface area contributed by atoms with E-state index in [4.69, 9.17) is 0 Å². The quantitative estimate of drug-likeness (QED) is 0.873. The highest BCUT2D eigenvalue weighted by Crippen LogP contribution is 2.31. The lowest BCUT2D eigenvalue weighted by Gasteiger charge is -2.26. The highest BCUT2D eigenvalue weighted by atomic mass is 32.1. The zero-order chi connectivity index (χ0) is 18.8. The maximum absolute atomic E-state index is 12.8. The average Bonchev–Trinajstić information content (AvgIpc) is 3.42. The van der Waals surface area contributed by atoms with Crippen LogP contribution in [-0.2, 0) is 9.59 Å². The Morgan fingerprint density at radius 3 is 2.56 bits per heavy atom. The third-order valence-corrected chi connectivity index (χ3v) is 6.38. The van der Waals surface area contributed by atoms with Gasteiger partial charge in [0.25, 0.3) is 0 Å². The van der Waals surface area contributed by atoms with Crippen LogP contribution in [0.1, 0.15) is 44.1 Å². The maximum atomic E-state index is 12.8. The van der Waals surface area contributed by atoms with Crippen LogP contribution in [0.5, 0.6) is 0 Å². The van der Waals surface area contributed by atoms with E-state index in [9.17, 15) is 9.59 Å². The zero-order valence-corrected chi connectivity index (χ0v) is 16.3. The van der Waals surface area contributed by atoms with Gasteiger partial charge in [0.15, 0.2) is 0 Å². The van der Waals surface area contributed by atoms with E-state index in [0.717, 1.165) is 42.7 Å².